The maximum atomic E-state index is 14.4. The number of benzene rings is 1. The normalized spacial score (nSPS) is 16.7. The van der Waals surface area contributed by atoms with Crippen LogP contribution in [0.4, 0.5) is 28.0 Å². The summed E-state index contributed by atoms with van der Waals surface area (Å²) in [5.74, 6) is -0.960. The van der Waals surface area contributed by atoms with Crippen molar-refractivity contribution in [1.29, 1.82) is 0 Å². The average molecular weight is 421 g/mol. The second-order valence-electron chi connectivity index (χ2n) is 7.96. The zero-order valence-corrected chi connectivity index (χ0v) is 16.8. The minimum absolute atomic E-state index is 0.0234. The van der Waals surface area contributed by atoms with Crippen molar-refractivity contribution in [1.82, 2.24) is 9.80 Å². The van der Waals surface area contributed by atoms with Crippen LogP contribution >= 0.6 is 0 Å². The summed E-state index contributed by atoms with van der Waals surface area (Å²) >= 11 is 0. The highest BCUT2D eigenvalue weighted by Gasteiger charge is 2.35. The Kier molecular flexibility index (Phi) is 7.47. The first-order chi connectivity index (χ1) is 13.4. The number of carbonyl (C=O) groups excluding carboxylic acids is 1. The lowest BCUT2D eigenvalue weighted by atomic mass is 10.0. The summed E-state index contributed by atoms with van der Waals surface area (Å²) in [6.45, 7) is 7.50. The van der Waals surface area contributed by atoms with E-state index in [0.29, 0.717) is 38.8 Å². The number of carbonyl (C=O) groups is 1. The third-order valence-corrected chi connectivity index (χ3v) is 4.41. The van der Waals surface area contributed by atoms with Gasteiger partial charge in [-0.05, 0) is 38.5 Å². The Morgan fingerprint density at radius 2 is 1.72 bits per heavy atom. The van der Waals surface area contributed by atoms with Gasteiger partial charge in [-0.1, -0.05) is 0 Å². The molecule has 1 fully saturated rings. The number of rotatable bonds is 5. The van der Waals surface area contributed by atoms with E-state index in [4.69, 9.17) is 9.84 Å². The number of amides is 1. The van der Waals surface area contributed by atoms with E-state index >= 15 is 0 Å². The molecule has 1 amide bonds. The van der Waals surface area contributed by atoms with Gasteiger partial charge in [-0.25, -0.2) is 9.18 Å². The number of aliphatic hydroxyl groups is 1. The molecule has 0 saturated carbocycles. The van der Waals surface area contributed by atoms with Crippen molar-refractivity contribution < 1.29 is 32.2 Å². The number of nitrogens with one attached hydrogen (secondary N) is 1. The molecule has 0 aromatic heterocycles. The smallest absolute Gasteiger partial charge is 0.416 e. The van der Waals surface area contributed by atoms with Gasteiger partial charge >= 0.3 is 12.3 Å². The van der Waals surface area contributed by atoms with Gasteiger partial charge in [0.05, 0.1) is 17.9 Å². The number of hydrogen-bond donors (Lipinski definition) is 2. The van der Waals surface area contributed by atoms with Crippen LogP contribution in [0.5, 0.6) is 0 Å². The number of halogens is 4. The second kappa shape index (κ2) is 9.27. The van der Waals surface area contributed by atoms with Gasteiger partial charge in [0.15, 0.2) is 0 Å². The van der Waals surface area contributed by atoms with Crippen LogP contribution in [0.1, 0.15) is 31.9 Å². The fourth-order valence-electron chi connectivity index (χ4n) is 3.07. The Morgan fingerprint density at radius 1 is 1.14 bits per heavy atom. The van der Waals surface area contributed by atoms with Crippen molar-refractivity contribution in [2.45, 2.75) is 39.1 Å². The molecule has 1 saturated heterocycles. The van der Waals surface area contributed by atoms with E-state index in [0.717, 1.165) is 6.07 Å². The first-order valence-corrected chi connectivity index (χ1v) is 9.34. The van der Waals surface area contributed by atoms with E-state index in [2.05, 4.69) is 0 Å². The van der Waals surface area contributed by atoms with Crippen LogP contribution < -0.4 is 5.32 Å². The topological polar surface area (TPSA) is 65.0 Å². The summed E-state index contributed by atoms with van der Waals surface area (Å²) in [6, 6.07) is 1.42. The highest BCUT2D eigenvalue weighted by molar-refractivity contribution is 5.85. The molecule has 6 nitrogen and oxygen atoms in total. The number of β-amino-alcohol motifs (C(OH)–C–C–N with tert-alkyl or cyclic N) is 1. The molecule has 1 aromatic rings. The lowest BCUT2D eigenvalue weighted by Gasteiger charge is -2.34. The predicted octanol–water partition coefficient (Wildman–Crippen LogP) is 3.30. The SMILES string of the molecule is CC(C)(C)OC(=O)Nc1cc(C(F)(F)F)c(CN2CCN(CCO)CC2)cc1F. The van der Waals surface area contributed by atoms with Gasteiger partial charge in [0, 0.05) is 39.3 Å². The molecule has 164 valence electrons. The molecule has 0 radical (unpaired) electrons. The summed E-state index contributed by atoms with van der Waals surface area (Å²) < 4.78 is 60.1. The van der Waals surface area contributed by atoms with Gasteiger partial charge in [0.2, 0.25) is 0 Å². The molecule has 29 heavy (non-hydrogen) atoms. The molecule has 1 aromatic carbocycles. The first kappa shape index (κ1) is 23.4. The predicted molar refractivity (Wildman–Crippen MR) is 100 cm³/mol. The number of anilines is 1. The van der Waals surface area contributed by atoms with Gasteiger partial charge in [0.1, 0.15) is 11.4 Å². The second-order valence-corrected chi connectivity index (χ2v) is 7.96. The van der Waals surface area contributed by atoms with Crippen LogP contribution in [-0.4, -0.2) is 65.9 Å². The number of piperazine rings is 1. The zero-order chi connectivity index (χ0) is 21.8. The lowest BCUT2D eigenvalue weighted by Crippen LogP contribution is -2.46. The molecular formula is C19H27F4N3O3. The van der Waals surface area contributed by atoms with Crippen LogP contribution in [0.15, 0.2) is 12.1 Å². The fourth-order valence-corrected chi connectivity index (χ4v) is 3.07. The van der Waals surface area contributed by atoms with Crippen LogP contribution in [0.3, 0.4) is 0 Å². The number of nitrogens with zero attached hydrogens (tertiary/aromatic N) is 2. The molecule has 0 bridgehead atoms. The van der Waals surface area contributed by atoms with Gasteiger partial charge in [-0.3, -0.25) is 15.1 Å². The van der Waals surface area contributed by atoms with Crippen molar-refractivity contribution in [3.8, 4) is 0 Å². The van der Waals surface area contributed by atoms with E-state index in [1.54, 1.807) is 25.7 Å². The monoisotopic (exact) mass is 421 g/mol. The van der Waals surface area contributed by atoms with Crippen molar-refractivity contribution >= 4 is 11.8 Å². The summed E-state index contributed by atoms with van der Waals surface area (Å²) in [7, 11) is 0. The van der Waals surface area contributed by atoms with Crippen LogP contribution in [0.2, 0.25) is 0 Å². The van der Waals surface area contributed by atoms with Gasteiger partial charge < -0.3 is 9.84 Å². The number of hydrogen-bond acceptors (Lipinski definition) is 5. The van der Waals surface area contributed by atoms with E-state index in [9.17, 15) is 22.4 Å². The average Bonchev–Trinajstić information content (AvgIpc) is 2.56. The van der Waals surface area contributed by atoms with Crippen LogP contribution in [0, 0.1) is 5.82 Å². The molecule has 1 heterocycles. The largest absolute Gasteiger partial charge is 0.444 e. The van der Waals surface area contributed by atoms with Crippen molar-refractivity contribution in [3.05, 3.63) is 29.1 Å². The quantitative estimate of drug-likeness (QED) is 0.715. The maximum absolute atomic E-state index is 14.4. The Balaban J connectivity index is 2.18. The zero-order valence-electron chi connectivity index (χ0n) is 16.8. The molecule has 1 aliphatic heterocycles. The molecule has 0 aliphatic carbocycles. The van der Waals surface area contributed by atoms with Crippen molar-refractivity contribution in [2.24, 2.45) is 0 Å². The van der Waals surface area contributed by atoms with Gasteiger partial charge in [0.25, 0.3) is 0 Å². The van der Waals surface area contributed by atoms with Gasteiger partial charge in [-0.2, -0.15) is 13.2 Å². The lowest BCUT2D eigenvalue weighted by molar-refractivity contribution is -0.138. The number of alkyl halides is 3. The molecule has 0 spiro atoms. The molecule has 2 rings (SSSR count). The standard InChI is InChI=1S/C19H27F4N3O3/c1-18(2,3)29-17(28)24-16-11-14(19(21,22)23)13(10-15(16)20)12-26-6-4-25(5-7-26)8-9-27/h10-11,27H,4-9,12H2,1-3H3,(H,24,28). The summed E-state index contributed by atoms with van der Waals surface area (Å²) in [5.41, 5.74) is -2.64. The highest BCUT2D eigenvalue weighted by Crippen LogP contribution is 2.36. The van der Waals surface area contributed by atoms with Gasteiger partial charge in [-0.15, -0.1) is 0 Å². The Morgan fingerprint density at radius 3 is 2.24 bits per heavy atom. The van der Waals surface area contributed by atoms with Crippen LogP contribution in [-0.2, 0) is 17.5 Å². The van der Waals surface area contributed by atoms with Crippen molar-refractivity contribution in [3.63, 3.8) is 0 Å². The third-order valence-electron chi connectivity index (χ3n) is 4.41. The summed E-state index contributed by atoms with van der Waals surface area (Å²) in [5, 5.41) is 11.0. The summed E-state index contributed by atoms with van der Waals surface area (Å²) in [4.78, 5) is 15.6. The van der Waals surface area contributed by atoms with Crippen LogP contribution in [0.25, 0.3) is 0 Å². The van der Waals surface area contributed by atoms with E-state index in [1.807, 2.05) is 10.2 Å². The third kappa shape index (κ3) is 7.13. The molecule has 10 heteroatoms. The van der Waals surface area contributed by atoms with E-state index in [-0.39, 0.29) is 18.7 Å². The Hall–Kier alpha value is -1.91. The van der Waals surface area contributed by atoms with E-state index < -0.39 is 34.9 Å². The Labute approximate surface area is 167 Å². The highest BCUT2D eigenvalue weighted by atomic mass is 19.4. The maximum Gasteiger partial charge on any atom is 0.416 e. The minimum Gasteiger partial charge on any atom is -0.444 e. The molecule has 0 atom stereocenters. The molecule has 2 N–H and O–H groups in total. The Bertz CT molecular complexity index is 712. The fraction of sp³-hybridized carbons (Fsp3) is 0.632. The number of ether oxygens (including phenoxy) is 1. The van der Waals surface area contributed by atoms with Crippen molar-refractivity contribution in [2.75, 3.05) is 44.6 Å². The molecular weight excluding hydrogens is 394 g/mol. The summed E-state index contributed by atoms with van der Waals surface area (Å²) in [6.07, 6.45) is -5.73. The molecule has 1 aliphatic rings. The van der Waals surface area contributed by atoms with E-state index in [1.165, 1.54) is 0 Å². The first-order valence-electron chi connectivity index (χ1n) is 9.34. The minimum atomic E-state index is -4.70. The molecule has 0 unspecified atom stereocenters. The number of aliphatic hydroxyl groups excluding tert-OH is 1.